The van der Waals surface area contributed by atoms with Gasteiger partial charge in [0.2, 0.25) is 0 Å². The molecule has 0 amide bonds. The lowest BCUT2D eigenvalue weighted by Crippen LogP contribution is -2.25. The Bertz CT molecular complexity index is 665. The lowest BCUT2D eigenvalue weighted by molar-refractivity contribution is 0.152. The maximum atomic E-state index is 13.1. The van der Waals surface area contributed by atoms with Crippen molar-refractivity contribution in [1.29, 1.82) is 0 Å². The topological polar surface area (TPSA) is 0 Å². The molecule has 1 aromatic carbocycles. The van der Waals surface area contributed by atoms with E-state index < -0.39 is 0 Å². The normalized spacial score (nSPS) is 34.1. The summed E-state index contributed by atoms with van der Waals surface area (Å²) in [7, 11) is 0. The molecule has 0 heterocycles. The van der Waals surface area contributed by atoms with Gasteiger partial charge in [-0.3, -0.25) is 0 Å². The summed E-state index contributed by atoms with van der Waals surface area (Å²) in [5, 5.41) is 0. The molecule has 0 N–H and O–H groups in total. The Morgan fingerprint density at radius 1 is 0.656 bits per heavy atom. The van der Waals surface area contributed by atoms with Crippen LogP contribution in [0, 0.1) is 41.3 Å². The van der Waals surface area contributed by atoms with Crippen LogP contribution in [0.15, 0.2) is 36.4 Å². The number of benzene rings is 1. The fraction of sp³-hybridized carbons (Fsp3) is 0.742. The minimum Gasteiger partial charge on any atom is -0.207 e. The van der Waals surface area contributed by atoms with Crippen LogP contribution in [0.5, 0.6) is 0 Å². The molecule has 3 aliphatic rings. The zero-order valence-electron chi connectivity index (χ0n) is 20.6. The second-order valence-corrected chi connectivity index (χ2v) is 11.6. The van der Waals surface area contributed by atoms with E-state index in [4.69, 9.17) is 0 Å². The first-order valence-corrected chi connectivity index (χ1v) is 14.1. The van der Waals surface area contributed by atoms with Crippen molar-refractivity contribution in [3.8, 4) is 0 Å². The number of hydrogen-bond acceptors (Lipinski definition) is 0. The SMILES string of the molecule is CCC[C@H]1CC[C@H](C2CCC(/C=C/[C@H]3CC[C@H](CCc4ccc(F)cc4)CC3)CC2)CC1. The lowest BCUT2D eigenvalue weighted by atomic mass is 9.68. The molecule has 1 aromatic rings. The van der Waals surface area contributed by atoms with Gasteiger partial charge in [-0.1, -0.05) is 56.9 Å². The molecule has 1 heteroatoms. The van der Waals surface area contributed by atoms with Crippen molar-refractivity contribution < 1.29 is 4.39 Å². The molecule has 32 heavy (non-hydrogen) atoms. The quantitative estimate of drug-likeness (QED) is 0.354. The third-order valence-electron chi connectivity index (χ3n) is 9.37. The standard InChI is InChI=1S/C31H47F/c1-2-3-24-12-18-29(19-13-24)30-20-14-27(15-21-30)10-8-25-4-6-26(7-5-25)9-11-28-16-22-31(32)23-17-28/h8,10,16-17,22-27,29-30H,2-7,9,11-15,18-21H2,1H3/b10-8+/t24-,25-,26-,27?,29-,30?. The van der Waals surface area contributed by atoms with Crippen molar-refractivity contribution in [3.63, 3.8) is 0 Å². The second-order valence-electron chi connectivity index (χ2n) is 11.6. The Labute approximate surface area is 197 Å². The number of rotatable bonds is 8. The molecular weight excluding hydrogens is 391 g/mol. The zero-order chi connectivity index (χ0) is 22.2. The van der Waals surface area contributed by atoms with Gasteiger partial charge in [-0.05, 0) is 130 Å². The predicted molar refractivity (Wildman–Crippen MR) is 135 cm³/mol. The van der Waals surface area contributed by atoms with E-state index in [9.17, 15) is 4.39 Å². The summed E-state index contributed by atoms with van der Waals surface area (Å²) in [5.41, 5.74) is 1.29. The molecule has 178 valence electrons. The average Bonchev–Trinajstić information content (AvgIpc) is 2.84. The van der Waals surface area contributed by atoms with Gasteiger partial charge in [-0.25, -0.2) is 4.39 Å². The Balaban J connectivity index is 1.10. The highest BCUT2D eigenvalue weighted by Gasteiger charge is 2.30. The van der Waals surface area contributed by atoms with E-state index in [-0.39, 0.29) is 5.82 Å². The molecule has 0 nitrogen and oxygen atoms in total. The van der Waals surface area contributed by atoms with Crippen molar-refractivity contribution >= 4 is 0 Å². The highest BCUT2D eigenvalue weighted by atomic mass is 19.1. The molecule has 4 rings (SSSR count). The number of halogens is 1. The molecule has 0 atom stereocenters. The minimum atomic E-state index is -0.121. The smallest absolute Gasteiger partial charge is 0.123 e. The van der Waals surface area contributed by atoms with E-state index in [0.717, 1.165) is 41.9 Å². The number of allylic oxidation sites excluding steroid dienone is 2. The van der Waals surface area contributed by atoms with Crippen molar-refractivity contribution in [2.45, 2.75) is 110 Å². The summed E-state index contributed by atoms with van der Waals surface area (Å²) < 4.78 is 13.1. The fourth-order valence-corrected chi connectivity index (χ4v) is 7.17. The van der Waals surface area contributed by atoms with Gasteiger partial charge >= 0.3 is 0 Å². The van der Waals surface area contributed by atoms with Gasteiger partial charge in [-0.2, -0.15) is 0 Å². The largest absolute Gasteiger partial charge is 0.207 e. The van der Waals surface area contributed by atoms with Gasteiger partial charge in [-0.15, -0.1) is 0 Å². The van der Waals surface area contributed by atoms with Crippen molar-refractivity contribution in [1.82, 2.24) is 0 Å². The third kappa shape index (κ3) is 7.19. The number of aryl methyl sites for hydroxylation is 1. The van der Waals surface area contributed by atoms with Crippen molar-refractivity contribution in [2.75, 3.05) is 0 Å². The van der Waals surface area contributed by atoms with Crippen LogP contribution in [-0.2, 0) is 6.42 Å². The summed E-state index contributed by atoms with van der Waals surface area (Å²) in [6.45, 7) is 2.35. The van der Waals surface area contributed by atoms with Gasteiger partial charge in [0.1, 0.15) is 5.82 Å². The van der Waals surface area contributed by atoms with Gasteiger partial charge < -0.3 is 0 Å². The van der Waals surface area contributed by atoms with E-state index >= 15 is 0 Å². The lowest BCUT2D eigenvalue weighted by Gasteiger charge is -2.37. The zero-order valence-corrected chi connectivity index (χ0v) is 20.6. The fourth-order valence-electron chi connectivity index (χ4n) is 7.17. The summed E-state index contributed by atoms with van der Waals surface area (Å²) in [6.07, 6.45) is 27.9. The van der Waals surface area contributed by atoms with E-state index in [1.165, 1.54) is 102 Å². The average molecular weight is 439 g/mol. The first-order chi connectivity index (χ1) is 15.7. The molecule has 0 aliphatic heterocycles. The van der Waals surface area contributed by atoms with Crippen molar-refractivity contribution in [3.05, 3.63) is 47.8 Å². The van der Waals surface area contributed by atoms with E-state index in [2.05, 4.69) is 19.1 Å². The summed E-state index contributed by atoms with van der Waals surface area (Å²) in [5.74, 6) is 5.57. The third-order valence-corrected chi connectivity index (χ3v) is 9.37. The highest BCUT2D eigenvalue weighted by molar-refractivity contribution is 5.16. The van der Waals surface area contributed by atoms with E-state index in [0.29, 0.717) is 0 Å². The first kappa shape index (κ1) is 24.0. The molecule has 0 spiro atoms. The van der Waals surface area contributed by atoms with Crippen LogP contribution in [0.3, 0.4) is 0 Å². The molecule has 0 aromatic heterocycles. The maximum Gasteiger partial charge on any atom is 0.123 e. The molecule has 0 saturated heterocycles. The van der Waals surface area contributed by atoms with Crippen LogP contribution in [0.25, 0.3) is 0 Å². The first-order valence-electron chi connectivity index (χ1n) is 14.1. The molecular formula is C31H47F. The predicted octanol–water partition coefficient (Wildman–Crippen LogP) is 9.53. The van der Waals surface area contributed by atoms with Crippen LogP contribution >= 0.6 is 0 Å². The van der Waals surface area contributed by atoms with Gasteiger partial charge in [0.05, 0.1) is 0 Å². The Morgan fingerprint density at radius 2 is 1.12 bits per heavy atom. The maximum absolute atomic E-state index is 13.1. The molecule has 3 fully saturated rings. The van der Waals surface area contributed by atoms with E-state index in [1.54, 1.807) is 12.1 Å². The van der Waals surface area contributed by atoms with Crippen LogP contribution in [0.2, 0.25) is 0 Å². The van der Waals surface area contributed by atoms with Gasteiger partial charge in [0.15, 0.2) is 0 Å². The summed E-state index contributed by atoms with van der Waals surface area (Å²) in [4.78, 5) is 0. The van der Waals surface area contributed by atoms with Gasteiger partial charge in [0.25, 0.3) is 0 Å². The summed E-state index contributed by atoms with van der Waals surface area (Å²) in [6, 6.07) is 7.11. The summed E-state index contributed by atoms with van der Waals surface area (Å²) >= 11 is 0. The molecule has 0 unspecified atom stereocenters. The second kappa shape index (κ2) is 12.4. The molecule has 0 radical (unpaired) electrons. The monoisotopic (exact) mass is 438 g/mol. The van der Waals surface area contributed by atoms with Crippen molar-refractivity contribution in [2.24, 2.45) is 35.5 Å². The Morgan fingerprint density at radius 3 is 1.69 bits per heavy atom. The van der Waals surface area contributed by atoms with Gasteiger partial charge in [0, 0.05) is 0 Å². The highest BCUT2D eigenvalue weighted by Crippen LogP contribution is 2.42. The Kier molecular flexibility index (Phi) is 9.30. The van der Waals surface area contributed by atoms with Crippen LogP contribution < -0.4 is 0 Å². The minimum absolute atomic E-state index is 0.121. The number of hydrogen-bond donors (Lipinski definition) is 0. The van der Waals surface area contributed by atoms with Crippen LogP contribution in [-0.4, -0.2) is 0 Å². The Hall–Kier alpha value is -1.11. The molecule has 3 aliphatic carbocycles. The van der Waals surface area contributed by atoms with E-state index in [1.807, 2.05) is 12.1 Å². The molecule has 3 saturated carbocycles. The van der Waals surface area contributed by atoms with Crippen LogP contribution in [0.4, 0.5) is 4.39 Å². The molecule has 0 bridgehead atoms. The van der Waals surface area contributed by atoms with Crippen LogP contribution in [0.1, 0.15) is 109 Å².